The Balaban J connectivity index is 2.13. The fourth-order valence-electron chi connectivity index (χ4n) is 2.81. The summed E-state index contributed by atoms with van der Waals surface area (Å²) in [6, 6.07) is 8.73. The van der Waals surface area contributed by atoms with Gasteiger partial charge < -0.3 is 20.4 Å². The fourth-order valence-corrected chi connectivity index (χ4v) is 2.81. The molecular formula is C21H30N4O3. The van der Waals surface area contributed by atoms with Gasteiger partial charge in [0.05, 0.1) is 12.6 Å². The van der Waals surface area contributed by atoms with E-state index in [4.69, 9.17) is 10.2 Å². The number of amides is 1. The standard InChI is InChI=1S/C21H30N4O3/c1-21(2,3)11-15(22)19(27)23-12-17(26)18-16(13-25(4)5)24-20(28-18)14-9-7-6-8-10-14/h6-10,15H,11-13,22H2,1-5H3,(H,23,27). The van der Waals surface area contributed by atoms with Gasteiger partial charge in [0.2, 0.25) is 17.6 Å². The molecule has 2 rings (SSSR count). The number of aromatic nitrogens is 1. The minimum absolute atomic E-state index is 0.0742. The number of hydrogen-bond acceptors (Lipinski definition) is 6. The second-order valence-corrected chi connectivity index (χ2v) is 8.41. The molecule has 7 nitrogen and oxygen atoms in total. The number of nitrogens with zero attached hydrogens (tertiary/aromatic N) is 2. The second-order valence-electron chi connectivity index (χ2n) is 8.41. The lowest BCUT2D eigenvalue weighted by atomic mass is 9.88. The molecule has 7 heteroatoms. The van der Waals surface area contributed by atoms with Gasteiger partial charge in [0, 0.05) is 12.1 Å². The van der Waals surface area contributed by atoms with Gasteiger partial charge in [0.15, 0.2) is 5.76 Å². The SMILES string of the molecule is CN(C)Cc1nc(-c2ccccc2)oc1C(=O)CNC(=O)C(N)CC(C)(C)C. The van der Waals surface area contributed by atoms with Crippen LogP contribution in [0, 0.1) is 5.41 Å². The molecule has 1 heterocycles. The first-order chi connectivity index (χ1) is 13.1. The Hall–Kier alpha value is -2.51. The van der Waals surface area contributed by atoms with Crippen LogP contribution >= 0.6 is 0 Å². The van der Waals surface area contributed by atoms with Crippen LogP contribution in [0.5, 0.6) is 0 Å². The minimum atomic E-state index is -0.663. The predicted octanol–water partition coefficient (Wildman–Crippen LogP) is 2.47. The van der Waals surface area contributed by atoms with Gasteiger partial charge >= 0.3 is 0 Å². The van der Waals surface area contributed by atoms with Crippen LogP contribution in [-0.2, 0) is 11.3 Å². The predicted molar refractivity (Wildman–Crippen MR) is 109 cm³/mol. The van der Waals surface area contributed by atoms with Crippen LogP contribution in [0.25, 0.3) is 11.5 Å². The van der Waals surface area contributed by atoms with Crippen LogP contribution in [-0.4, -0.2) is 48.3 Å². The number of benzene rings is 1. The molecule has 3 N–H and O–H groups in total. The third kappa shape index (κ3) is 6.28. The van der Waals surface area contributed by atoms with E-state index in [0.29, 0.717) is 24.6 Å². The first-order valence-electron chi connectivity index (χ1n) is 9.33. The number of carbonyl (C=O) groups excluding carboxylic acids is 2. The number of nitrogens with one attached hydrogen (secondary N) is 1. The maximum Gasteiger partial charge on any atom is 0.237 e. The number of Topliss-reactive ketones (excluding diaryl/α,β-unsaturated/α-hetero) is 1. The van der Waals surface area contributed by atoms with E-state index in [0.717, 1.165) is 5.56 Å². The molecule has 0 bridgehead atoms. The monoisotopic (exact) mass is 386 g/mol. The first kappa shape index (κ1) is 21.8. The highest BCUT2D eigenvalue weighted by atomic mass is 16.4. The van der Waals surface area contributed by atoms with Gasteiger partial charge in [-0.05, 0) is 38.1 Å². The largest absolute Gasteiger partial charge is 0.433 e. The zero-order chi connectivity index (χ0) is 20.9. The van der Waals surface area contributed by atoms with Gasteiger partial charge in [-0.25, -0.2) is 4.98 Å². The van der Waals surface area contributed by atoms with Crippen LogP contribution in [0.15, 0.2) is 34.7 Å². The topological polar surface area (TPSA) is 101 Å². The van der Waals surface area contributed by atoms with Crippen molar-refractivity contribution in [1.82, 2.24) is 15.2 Å². The number of oxazole rings is 1. The van der Waals surface area contributed by atoms with Crippen molar-refractivity contribution in [1.29, 1.82) is 0 Å². The molecule has 0 spiro atoms. The van der Waals surface area contributed by atoms with Crippen LogP contribution < -0.4 is 11.1 Å². The summed E-state index contributed by atoms with van der Waals surface area (Å²) >= 11 is 0. The van der Waals surface area contributed by atoms with E-state index in [9.17, 15) is 9.59 Å². The Morgan fingerprint density at radius 2 is 1.86 bits per heavy atom. The van der Waals surface area contributed by atoms with Crippen LogP contribution in [0.2, 0.25) is 0 Å². The normalized spacial score (nSPS) is 12.8. The number of hydrogen-bond donors (Lipinski definition) is 2. The lowest BCUT2D eigenvalue weighted by Gasteiger charge is -2.22. The summed E-state index contributed by atoms with van der Waals surface area (Å²) in [5.41, 5.74) is 7.20. The Morgan fingerprint density at radius 3 is 2.43 bits per heavy atom. The van der Waals surface area contributed by atoms with E-state index in [1.165, 1.54) is 0 Å². The molecule has 1 unspecified atom stereocenters. The third-order valence-corrected chi connectivity index (χ3v) is 4.03. The van der Waals surface area contributed by atoms with Crippen molar-refractivity contribution < 1.29 is 14.0 Å². The highest BCUT2D eigenvalue weighted by molar-refractivity contribution is 5.98. The third-order valence-electron chi connectivity index (χ3n) is 4.03. The van der Waals surface area contributed by atoms with Gasteiger partial charge in [-0.2, -0.15) is 0 Å². The molecule has 0 aliphatic carbocycles. The summed E-state index contributed by atoms with van der Waals surface area (Å²) in [5, 5.41) is 2.62. The highest BCUT2D eigenvalue weighted by Crippen LogP contribution is 2.23. The number of rotatable bonds is 8. The van der Waals surface area contributed by atoms with E-state index in [-0.39, 0.29) is 29.4 Å². The van der Waals surface area contributed by atoms with E-state index in [1.54, 1.807) is 0 Å². The molecule has 152 valence electrons. The van der Waals surface area contributed by atoms with E-state index < -0.39 is 6.04 Å². The molecular weight excluding hydrogens is 356 g/mol. The average molecular weight is 386 g/mol. The molecule has 2 aromatic rings. The Labute approximate surface area is 166 Å². The molecule has 0 aliphatic rings. The van der Waals surface area contributed by atoms with Crippen molar-refractivity contribution in [3.05, 3.63) is 41.8 Å². The molecule has 28 heavy (non-hydrogen) atoms. The van der Waals surface area contributed by atoms with Crippen LogP contribution in [0.4, 0.5) is 0 Å². The Bertz CT molecular complexity index is 807. The molecule has 0 fully saturated rings. The van der Waals surface area contributed by atoms with Crippen molar-refractivity contribution in [2.45, 2.75) is 39.8 Å². The Kier molecular flexibility index (Phi) is 7.10. The molecule has 0 radical (unpaired) electrons. The van der Waals surface area contributed by atoms with Gasteiger partial charge in [0.25, 0.3) is 0 Å². The van der Waals surface area contributed by atoms with E-state index >= 15 is 0 Å². The van der Waals surface area contributed by atoms with Crippen molar-refractivity contribution in [2.24, 2.45) is 11.1 Å². The lowest BCUT2D eigenvalue weighted by Crippen LogP contribution is -2.44. The van der Waals surface area contributed by atoms with Crippen LogP contribution in [0.3, 0.4) is 0 Å². The molecule has 0 aliphatic heterocycles. The van der Waals surface area contributed by atoms with Crippen molar-refractivity contribution in [2.75, 3.05) is 20.6 Å². The van der Waals surface area contributed by atoms with Crippen molar-refractivity contribution >= 4 is 11.7 Å². The average Bonchev–Trinajstić information content (AvgIpc) is 3.01. The Morgan fingerprint density at radius 1 is 1.21 bits per heavy atom. The second kappa shape index (κ2) is 9.12. The van der Waals surface area contributed by atoms with E-state index in [1.807, 2.05) is 70.1 Å². The van der Waals surface area contributed by atoms with Crippen molar-refractivity contribution in [3.8, 4) is 11.5 Å². The molecule has 0 saturated heterocycles. The van der Waals surface area contributed by atoms with Gasteiger partial charge in [-0.15, -0.1) is 0 Å². The molecule has 1 aromatic heterocycles. The van der Waals surface area contributed by atoms with Gasteiger partial charge in [-0.1, -0.05) is 39.0 Å². The number of carbonyl (C=O) groups is 2. The van der Waals surface area contributed by atoms with Crippen LogP contribution in [0.1, 0.15) is 43.4 Å². The van der Waals surface area contributed by atoms with E-state index in [2.05, 4.69) is 10.3 Å². The first-order valence-corrected chi connectivity index (χ1v) is 9.33. The van der Waals surface area contributed by atoms with Crippen molar-refractivity contribution in [3.63, 3.8) is 0 Å². The highest BCUT2D eigenvalue weighted by Gasteiger charge is 2.24. The number of ketones is 1. The fraction of sp³-hybridized carbons (Fsp3) is 0.476. The molecule has 1 amide bonds. The maximum atomic E-state index is 12.7. The zero-order valence-corrected chi connectivity index (χ0v) is 17.3. The summed E-state index contributed by atoms with van der Waals surface area (Å²) < 4.78 is 5.77. The zero-order valence-electron chi connectivity index (χ0n) is 17.3. The summed E-state index contributed by atoms with van der Waals surface area (Å²) in [6.07, 6.45) is 0.527. The van der Waals surface area contributed by atoms with Gasteiger partial charge in [-0.3, -0.25) is 9.59 Å². The summed E-state index contributed by atoms with van der Waals surface area (Å²) in [5.74, 6) is -0.128. The number of nitrogens with two attached hydrogens (primary N) is 1. The smallest absolute Gasteiger partial charge is 0.237 e. The summed E-state index contributed by atoms with van der Waals surface area (Å²) in [6.45, 7) is 6.31. The molecule has 1 aromatic carbocycles. The maximum absolute atomic E-state index is 12.7. The summed E-state index contributed by atoms with van der Waals surface area (Å²) in [4.78, 5) is 31.3. The van der Waals surface area contributed by atoms with Gasteiger partial charge in [0.1, 0.15) is 5.69 Å². The molecule has 1 atom stereocenters. The molecule has 0 saturated carbocycles. The minimum Gasteiger partial charge on any atom is -0.433 e. The summed E-state index contributed by atoms with van der Waals surface area (Å²) in [7, 11) is 3.77. The lowest BCUT2D eigenvalue weighted by molar-refractivity contribution is -0.122. The quantitative estimate of drug-likeness (QED) is 0.676.